The molecule has 0 amide bonds. The van der Waals surface area contributed by atoms with Crippen LogP contribution in [0, 0.1) is 0 Å². The van der Waals surface area contributed by atoms with Gasteiger partial charge in [0.1, 0.15) is 18.5 Å². The first kappa shape index (κ1) is 22.8. The van der Waals surface area contributed by atoms with Crippen molar-refractivity contribution >= 4 is 24.0 Å². The van der Waals surface area contributed by atoms with Crippen LogP contribution in [0.1, 0.15) is 50.3 Å². The van der Waals surface area contributed by atoms with Gasteiger partial charge in [-0.2, -0.15) is 0 Å². The van der Waals surface area contributed by atoms with Gasteiger partial charge in [0.2, 0.25) is 0 Å². The Bertz CT molecular complexity index is 649. The quantitative estimate of drug-likeness (QED) is 0.597. The van der Waals surface area contributed by atoms with E-state index in [-0.39, 0.29) is 25.1 Å². The molecule has 3 unspecified atom stereocenters. The Morgan fingerprint density at radius 1 is 1.08 bits per heavy atom. The van der Waals surface area contributed by atoms with Crippen LogP contribution in [0.2, 0.25) is 5.02 Å². The van der Waals surface area contributed by atoms with E-state index in [9.17, 15) is 5.11 Å². The van der Waals surface area contributed by atoms with Gasteiger partial charge in [-0.25, -0.2) is 0 Å². The zero-order chi connectivity index (χ0) is 18.2. The molecule has 0 heterocycles. The van der Waals surface area contributed by atoms with Crippen molar-refractivity contribution in [1.82, 2.24) is 5.32 Å². The van der Waals surface area contributed by atoms with Crippen molar-refractivity contribution in [2.24, 2.45) is 0 Å². The van der Waals surface area contributed by atoms with Gasteiger partial charge in [-0.05, 0) is 48.6 Å². The summed E-state index contributed by atoms with van der Waals surface area (Å²) in [6.45, 7) is 7.16. The number of aliphatic hydroxyl groups excluding tert-OH is 1. The second-order valence-electron chi connectivity index (χ2n) is 6.49. The van der Waals surface area contributed by atoms with E-state index in [4.69, 9.17) is 16.3 Å². The SMILES string of the molecule is CCC(C)c1ccccc1OCC(O)CNC(C)c1ccc(Cl)cc1.Cl. The summed E-state index contributed by atoms with van der Waals surface area (Å²) in [5.41, 5.74) is 2.33. The first-order valence-electron chi connectivity index (χ1n) is 8.89. The fraction of sp³-hybridized carbons (Fsp3) is 0.429. The van der Waals surface area contributed by atoms with Crippen molar-refractivity contribution in [2.45, 2.75) is 45.3 Å². The third kappa shape index (κ3) is 6.81. The Kier molecular flexibility index (Phi) is 10.0. The molecule has 0 radical (unpaired) electrons. The summed E-state index contributed by atoms with van der Waals surface area (Å²) >= 11 is 5.91. The normalized spacial score (nSPS) is 14.2. The minimum absolute atomic E-state index is 0. The highest BCUT2D eigenvalue weighted by Crippen LogP contribution is 2.28. The van der Waals surface area contributed by atoms with Gasteiger partial charge in [0, 0.05) is 17.6 Å². The predicted octanol–water partition coefficient (Wildman–Crippen LogP) is 5.37. The monoisotopic (exact) mass is 397 g/mol. The zero-order valence-electron chi connectivity index (χ0n) is 15.6. The summed E-state index contributed by atoms with van der Waals surface area (Å²) in [7, 11) is 0. The molecule has 0 saturated carbocycles. The third-order valence-electron chi connectivity index (χ3n) is 4.52. The molecular formula is C21H29Cl2NO2. The fourth-order valence-electron chi connectivity index (χ4n) is 2.67. The topological polar surface area (TPSA) is 41.5 Å². The lowest BCUT2D eigenvalue weighted by Gasteiger charge is -2.20. The van der Waals surface area contributed by atoms with Crippen molar-refractivity contribution in [3.8, 4) is 5.75 Å². The van der Waals surface area contributed by atoms with E-state index in [1.54, 1.807) is 0 Å². The molecule has 3 atom stereocenters. The zero-order valence-corrected chi connectivity index (χ0v) is 17.2. The second kappa shape index (κ2) is 11.5. The Balaban J connectivity index is 0.00000338. The summed E-state index contributed by atoms with van der Waals surface area (Å²) < 4.78 is 5.87. The van der Waals surface area contributed by atoms with Gasteiger partial charge in [-0.1, -0.05) is 55.8 Å². The van der Waals surface area contributed by atoms with Crippen molar-refractivity contribution in [2.75, 3.05) is 13.2 Å². The molecule has 0 bridgehead atoms. The highest BCUT2D eigenvalue weighted by atomic mass is 35.5. The van der Waals surface area contributed by atoms with Gasteiger partial charge in [0.05, 0.1) is 0 Å². The lowest BCUT2D eigenvalue weighted by Crippen LogP contribution is -2.33. The summed E-state index contributed by atoms with van der Waals surface area (Å²) in [6.07, 6.45) is 0.489. The Hall–Kier alpha value is -1.26. The van der Waals surface area contributed by atoms with Crippen LogP contribution in [-0.2, 0) is 0 Å². The van der Waals surface area contributed by atoms with Gasteiger partial charge in [0.25, 0.3) is 0 Å². The summed E-state index contributed by atoms with van der Waals surface area (Å²) in [5.74, 6) is 1.30. The maximum Gasteiger partial charge on any atom is 0.122 e. The van der Waals surface area contributed by atoms with Crippen molar-refractivity contribution in [1.29, 1.82) is 0 Å². The van der Waals surface area contributed by atoms with Gasteiger partial charge in [0.15, 0.2) is 0 Å². The lowest BCUT2D eigenvalue weighted by atomic mass is 9.98. The molecule has 0 aliphatic carbocycles. The van der Waals surface area contributed by atoms with Gasteiger partial charge in [-0.15, -0.1) is 12.4 Å². The molecule has 0 fully saturated rings. The second-order valence-corrected chi connectivity index (χ2v) is 6.93. The van der Waals surface area contributed by atoms with Gasteiger partial charge in [-0.3, -0.25) is 0 Å². The molecule has 5 heteroatoms. The molecule has 0 aliphatic rings. The van der Waals surface area contributed by atoms with E-state index < -0.39 is 6.10 Å². The molecular weight excluding hydrogens is 369 g/mol. The van der Waals surface area contributed by atoms with Crippen LogP contribution in [-0.4, -0.2) is 24.4 Å². The Morgan fingerprint density at radius 3 is 2.38 bits per heavy atom. The largest absolute Gasteiger partial charge is 0.491 e. The average molecular weight is 398 g/mol. The highest BCUT2D eigenvalue weighted by Gasteiger charge is 2.13. The molecule has 0 aromatic heterocycles. The number of benzene rings is 2. The number of rotatable bonds is 9. The number of para-hydroxylation sites is 1. The number of halogens is 2. The van der Waals surface area contributed by atoms with E-state index in [0.29, 0.717) is 12.5 Å². The Morgan fingerprint density at radius 2 is 1.73 bits per heavy atom. The molecule has 26 heavy (non-hydrogen) atoms. The van der Waals surface area contributed by atoms with Crippen LogP contribution in [0.15, 0.2) is 48.5 Å². The van der Waals surface area contributed by atoms with Crippen molar-refractivity contribution in [3.05, 3.63) is 64.7 Å². The smallest absolute Gasteiger partial charge is 0.122 e. The first-order chi connectivity index (χ1) is 12.0. The lowest BCUT2D eigenvalue weighted by molar-refractivity contribution is 0.103. The van der Waals surface area contributed by atoms with Crippen LogP contribution >= 0.6 is 24.0 Å². The van der Waals surface area contributed by atoms with E-state index in [0.717, 1.165) is 22.8 Å². The molecule has 3 nitrogen and oxygen atoms in total. The van der Waals surface area contributed by atoms with Crippen molar-refractivity contribution < 1.29 is 9.84 Å². The number of aliphatic hydroxyl groups is 1. The predicted molar refractivity (Wildman–Crippen MR) is 112 cm³/mol. The third-order valence-corrected chi connectivity index (χ3v) is 4.78. The molecule has 2 N–H and O–H groups in total. The molecule has 0 aliphatic heterocycles. The highest BCUT2D eigenvalue weighted by molar-refractivity contribution is 6.30. The molecule has 0 spiro atoms. The van der Waals surface area contributed by atoms with E-state index in [2.05, 4.69) is 32.2 Å². The average Bonchev–Trinajstić information content (AvgIpc) is 2.64. The molecule has 2 aromatic rings. The van der Waals surface area contributed by atoms with Crippen LogP contribution in [0.4, 0.5) is 0 Å². The summed E-state index contributed by atoms with van der Waals surface area (Å²) in [6, 6.07) is 15.9. The van der Waals surface area contributed by atoms with Crippen LogP contribution in [0.25, 0.3) is 0 Å². The Labute approximate surface area is 168 Å². The molecule has 2 rings (SSSR count). The van der Waals surface area contributed by atoms with Crippen LogP contribution in [0.3, 0.4) is 0 Å². The van der Waals surface area contributed by atoms with E-state index in [1.807, 2.05) is 42.5 Å². The first-order valence-corrected chi connectivity index (χ1v) is 9.27. The number of nitrogens with one attached hydrogen (secondary N) is 1. The molecule has 2 aromatic carbocycles. The maximum absolute atomic E-state index is 10.2. The number of hydrogen-bond acceptors (Lipinski definition) is 3. The molecule has 0 saturated heterocycles. The standard InChI is InChI=1S/C21H28ClNO2.ClH/c1-4-15(2)20-7-5-6-8-21(20)25-14-19(24)13-23-16(3)17-9-11-18(22)12-10-17;/h5-12,15-16,19,23-24H,4,13-14H2,1-3H3;1H. The van der Waals surface area contributed by atoms with Gasteiger partial charge >= 0.3 is 0 Å². The van der Waals surface area contributed by atoms with E-state index in [1.165, 1.54) is 5.56 Å². The van der Waals surface area contributed by atoms with Crippen molar-refractivity contribution in [3.63, 3.8) is 0 Å². The maximum atomic E-state index is 10.2. The van der Waals surface area contributed by atoms with E-state index >= 15 is 0 Å². The summed E-state index contributed by atoms with van der Waals surface area (Å²) in [5, 5.41) is 14.3. The number of hydrogen-bond donors (Lipinski definition) is 2. The minimum atomic E-state index is -0.570. The minimum Gasteiger partial charge on any atom is -0.491 e. The fourth-order valence-corrected chi connectivity index (χ4v) is 2.79. The number of ether oxygens (including phenoxy) is 1. The summed E-state index contributed by atoms with van der Waals surface area (Å²) in [4.78, 5) is 0. The van der Waals surface area contributed by atoms with Crippen LogP contribution in [0.5, 0.6) is 5.75 Å². The van der Waals surface area contributed by atoms with Crippen LogP contribution < -0.4 is 10.1 Å². The van der Waals surface area contributed by atoms with Gasteiger partial charge < -0.3 is 15.2 Å². The molecule has 144 valence electrons.